The molecule has 1 fully saturated rings. The predicted octanol–water partition coefficient (Wildman–Crippen LogP) is 4.13. The molecule has 2 rings (SSSR count). The maximum Gasteiger partial charge on any atom is 0.416 e. The first-order valence-corrected chi connectivity index (χ1v) is 7.46. The lowest BCUT2D eigenvalue weighted by Crippen LogP contribution is -2.45. The molecule has 0 amide bonds. The number of rotatable bonds is 4. The molecule has 1 heterocycles. The summed E-state index contributed by atoms with van der Waals surface area (Å²) < 4.78 is 90.6. The summed E-state index contributed by atoms with van der Waals surface area (Å²) in [6.07, 6.45) is -11.0. The fourth-order valence-corrected chi connectivity index (χ4v) is 2.89. The van der Waals surface area contributed by atoms with Crippen molar-refractivity contribution in [3.63, 3.8) is 0 Å². The molecular formula is C15H17F7N2. The summed E-state index contributed by atoms with van der Waals surface area (Å²) in [7, 11) is 0. The zero-order valence-corrected chi connectivity index (χ0v) is 12.6. The van der Waals surface area contributed by atoms with E-state index in [1.54, 1.807) is 4.90 Å². The van der Waals surface area contributed by atoms with Gasteiger partial charge >= 0.3 is 12.4 Å². The topological polar surface area (TPSA) is 15.3 Å². The SMILES string of the molecule is Fc1ccc([C@@H](CCC(F)(F)F)N2CCNCC2)c(C(F)(F)F)c1. The van der Waals surface area contributed by atoms with Gasteiger partial charge in [0.2, 0.25) is 0 Å². The normalized spacial score (nSPS) is 18.6. The van der Waals surface area contributed by atoms with Gasteiger partial charge in [0.25, 0.3) is 0 Å². The highest BCUT2D eigenvalue weighted by atomic mass is 19.4. The van der Waals surface area contributed by atoms with E-state index in [1.807, 2.05) is 0 Å². The van der Waals surface area contributed by atoms with Gasteiger partial charge in [-0.1, -0.05) is 6.07 Å². The molecule has 0 bridgehead atoms. The van der Waals surface area contributed by atoms with Crippen LogP contribution in [0.15, 0.2) is 18.2 Å². The molecule has 1 aromatic carbocycles. The summed E-state index contributed by atoms with van der Waals surface area (Å²) in [5.74, 6) is -1.07. The molecule has 1 aromatic rings. The van der Waals surface area contributed by atoms with E-state index in [0.717, 1.165) is 12.1 Å². The third-order valence-corrected chi connectivity index (χ3v) is 3.97. The van der Waals surface area contributed by atoms with Crippen molar-refractivity contribution in [1.29, 1.82) is 0 Å². The van der Waals surface area contributed by atoms with Gasteiger partial charge in [0, 0.05) is 38.6 Å². The highest BCUT2D eigenvalue weighted by Gasteiger charge is 2.38. The molecule has 0 saturated carbocycles. The van der Waals surface area contributed by atoms with Crippen LogP contribution in [0.5, 0.6) is 0 Å². The Balaban J connectivity index is 2.38. The lowest BCUT2D eigenvalue weighted by atomic mass is 9.94. The zero-order valence-electron chi connectivity index (χ0n) is 12.6. The van der Waals surface area contributed by atoms with Gasteiger partial charge in [-0.15, -0.1) is 0 Å². The molecule has 0 radical (unpaired) electrons. The maximum atomic E-state index is 13.3. The fourth-order valence-electron chi connectivity index (χ4n) is 2.89. The number of nitrogens with zero attached hydrogens (tertiary/aromatic N) is 1. The third-order valence-electron chi connectivity index (χ3n) is 3.97. The molecule has 24 heavy (non-hydrogen) atoms. The third kappa shape index (κ3) is 5.07. The smallest absolute Gasteiger partial charge is 0.314 e. The minimum atomic E-state index is -4.83. The van der Waals surface area contributed by atoms with Gasteiger partial charge < -0.3 is 5.32 Å². The first kappa shape index (κ1) is 19.0. The number of piperazine rings is 1. The van der Waals surface area contributed by atoms with Crippen molar-refractivity contribution in [2.24, 2.45) is 0 Å². The number of alkyl halides is 6. The second-order valence-electron chi connectivity index (χ2n) is 5.68. The molecule has 9 heteroatoms. The van der Waals surface area contributed by atoms with Crippen LogP contribution < -0.4 is 5.32 Å². The first-order chi connectivity index (χ1) is 11.1. The standard InChI is InChI=1S/C15H17F7N2/c16-10-1-2-11(12(9-10)15(20,21)22)13(3-4-14(17,18)19)24-7-5-23-6-8-24/h1-2,9,13,23H,3-8H2/t13-/m1/s1. The van der Waals surface area contributed by atoms with E-state index in [-0.39, 0.29) is 5.56 Å². The average Bonchev–Trinajstić information content (AvgIpc) is 2.47. The lowest BCUT2D eigenvalue weighted by Gasteiger charge is -2.36. The summed E-state index contributed by atoms with van der Waals surface area (Å²) in [6.45, 7) is 1.62. The Hall–Kier alpha value is -1.35. The Kier molecular flexibility index (Phi) is 5.74. The second-order valence-corrected chi connectivity index (χ2v) is 5.68. The van der Waals surface area contributed by atoms with Crippen molar-refractivity contribution < 1.29 is 30.7 Å². The Bertz CT molecular complexity index is 548. The Morgan fingerprint density at radius 2 is 1.67 bits per heavy atom. The molecule has 1 atom stereocenters. The van der Waals surface area contributed by atoms with Crippen molar-refractivity contribution in [2.75, 3.05) is 26.2 Å². The minimum Gasteiger partial charge on any atom is -0.314 e. The molecular weight excluding hydrogens is 341 g/mol. The van der Waals surface area contributed by atoms with Crippen LogP contribution in [0.2, 0.25) is 0 Å². The van der Waals surface area contributed by atoms with Gasteiger partial charge in [-0.2, -0.15) is 26.3 Å². The largest absolute Gasteiger partial charge is 0.416 e. The molecule has 1 aliphatic rings. The van der Waals surface area contributed by atoms with E-state index in [9.17, 15) is 30.7 Å². The van der Waals surface area contributed by atoms with E-state index in [4.69, 9.17) is 0 Å². The summed E-state index contributed by atoms with van der Waals surface area (Å²) >= 11 is 0. The van der Waals surface area contributed by atoms with Gasteiger partial charge in [-0.3, -0.25) is 4.90 Å². The van der Waals surface area contributed by atoms with E-state index in [0.29, 0.717) is 32.2 Å². The lowest BCUT2D eigenvalue weighted by molar-refractivity contribution is -0.141. The zero-order chi connectivity index (χ0) is 18.0. The number of hydrogen-bond acceptors (Lipinski definition) is 2. The van der Waals surface area contributed by atoms with Gasteiger partial charge in [-0.25, -0.2) is 4.39 Å². The van der Waals surface area contributed by atoms with Crippen molar-refractivity contribution in [1.82, 2.24) is 10.2 Å². The average molecular weight is 358 g/mol. The summed E-state index contributed by atoms with van der Waals surface area (Å²) in [5.41, 5.74) is -1.52. The fraction of sp³-hybridized carbons (Fsp3) is 0.600. The second kappa shape index (κ2) is 7.26. The Labute approximate surface area is 134 Å². The van der Waals surface area contributed by atoms with Gasteiger partial charge in [0.15, 0.2) is 0 Å². The molecule has 1 saturated heterocycles. The monoisotopic (exact) mass is 358 g/mol. The molecule has 1 N–H and O–H groups in total. The van der Waals surface area contributed by atoms with Crippen LogP contribution in [0.4, 0.5) is 30.7 Å². The molecule has 1 aliphatic heterocycles. The van der Waals surface area contributed by atoms with Crippen molar-refractivity contribution in [2.45, 2.75) is 31.2 Å². The molecule has 0 aromatic heterocycles. The highest BCUT2D eigenvalue weighted by Crippen LogP contribution is 2.39. The van der Waals surface area contributed by atoms with Crippen LogP contribution >= 0.6 is 0 Å². The summed E-state index contributed by atoms with van der Waals surface area (Å²) in [6, 6.07) is 1.08. The molecule has 0 spiro atoms. The molecule has 2 nitrogen and oxygen atoms in total. The van der Waals surface area contributed by atoms with Gasteiger partial charge in [-0.05, 0) is 24.1 Å². The van der Waals surface area contributed by atoms with E-state index >= 15 is 0 Å². The molecule has 0 unspecified atom stereocenters. The number of hydrogen-bond donors (Lipinski definition) is 1. The van der Waals surface area contributed by atoms with E-state index < -0.39 is 42.6 Å². The quantitative estimate of drug-likeness (QED) is 0.814. The Morgan fingerprint density at radius 3 is 2.21 bits per heavy atom. The summed E-state index contributed by atoms with van der Waals surface area (Å²) in [4.78, 5) is 1.59. The van der Waals surface area contributed by atoms with Crippen LogP contribution in [-0.2, 0) is 6.18 Å². The molecule has 136 valence electrons. The summed E-state index contributed by atoms with van der Waals surface area (Å²) in [5, 5.41) is 3.00. The van der Waals surface area contributed by atoms with Crippen LogP contribution in [0.25, 0.3) is 0 Å². The number of halogens is 7. The van der Waals surface area contributed by atoms with E-state index in [2.05, 4.69) is 5.32 Å². The first-order valence-electron chi connectivity index (χ1n) is 7.46. The number of benzene rings is 1. The highest BCUT2D eigenvalue weighted by molar-refractivity contribution is 5.33. The van der Waals surface area contributed by atoms with Crippen LogP contribution in [0, 0.1) is 5.82 Å². The van der Waals surface area contributed by atoms with Gasteiger partial charge in [0.05, 0.1) is 5.56 Å². The van der Waals surface area contributed by atoms with E-state index in [1.165, 1.54) is 0 Å². The van der Waals surface area contributed by atoms with Crippen molar-refractivity contribution in [3.05, 3.63) is 35.1 Å². The predicted molar refractivity (Wildman–Crippen MR) is 73.9 cm³/mol. The van der Waals surface area contributed by atoms with Crippen molar-refractivity contribution >= 4 is 0 Å². The molecule has 0 aliphatic carbocycles. The maximum absolute atomic E-state index is 13.3. The van der Waals surface area contributed by atoms with Crippen molar-refractivity contribution in [3.8, 4) is 0 Å². The van der Waals surface area contributed by atoms with Crippen LogP contribution in [-0.4, -0.2) is 37.3 Å². The Morgan fingerprint density at radius 1 is 1.04 bits per heavy atom. The number of nitrogens with one attached hydrogen (secondary N) is 1. The van der Waals surface area contributed by atoms with Gasteiger partial charge in [0.1, 0.15) is 5.82 Å². The minimum absolute atomic E-state index is 0.310. The van der Waals surface area contributed by atoms with Crippen LogP contribution in [0.1, 0.15) is 30.0 Å². The van der Waals surface area contributed by atoms with Crippen LogP contribution in [0.3, 0.4) is 0 Å².